The molecule has 0 unspecified atom stereocenters. The van der Waals surface area contributed by atoms with Gasteiger partial charge in [0.2, 0.25) is 0 Å². The van der Waals surface area contributed by atoms with E-state index in [-0.39, 0.29) is 5.78 Å². The highest BCUT2D eigenvalue weighted by Crippen LogP contribution is 2.31. The van der Waals surface area contributed by atoms with E-state index in [2.05, 4.69) is 17.1 Å². The van der Waals surface area contributed by atoms with Crippen LogP contribution in [0.4, 0.5) is 0 Å². The Labute approximate surface area is 121 Å². The van der Waals surface area contributed by atoms with Crippen molar-refractivity contribution >= 4 is 27.2 Å². The Bertz CT molecular complexity index is 770. The van der Waals surface area contributed by atoms with Gasteiger partial charge in [-0.3, -0.25) is 4.79 Å². The normalized spacial score (nSPS) is 11.1. The van der Waals surface area contributed by atoms with Gasteiger partial charge in [0.1, 0.15) is 0 Å². The zero-order chi connectivity index (χ0) is 14.1. The number of carbonyl (C=O) groups excluding carboxylic acids is 1. The van der Waals surface area contributed by atoms with Crippen LogP contribution in [-0.4, -0.2) is 15.3 Å². The number of Topliss-reactive ketones (excluding diaryl/α,β-unsaturated/α-hetero) is 1. The van der Waals surface area contributed by atoms with E-state index in [1.807, 2.05) is 36.7 Å². The Balaban J connectivity index is 1.82. The first kappa shape index (κ1) is 13.1. The maximum absolute atomic E-state index is 12.4. The maximum atomic E-state index is 12.4. The quantitative estimate of drug-likeness (QED) is 0.679. The molecule has 4 heteroatoms. The van der Waals surface area contributed by atoms with Crippen molar-refractivity contribution in [1.82, 2.24) is 9.55 Å². The number of rotatable bonds is 4. The third-order valence-electron chi connectivity index (χ3n) is 3.60. The molecule has 3 nitrogen and oxygen atoms in total. The van der Waals surface area contributed by atoms with Gasteiger partial charge in [-0.05, 0) is 30.9 Å². The maximum Gasteiger partial charge on any atom is 0.174 e. The Morgan fingerprint density at radius 1 is 1.30 bits per heavy atom. The van der Waals surface area contributed by atoms with Crippen LogP contribution in [0.3, 0.4) is 0 Å². The van der Waals surface area contributed by atoms with Gasteiger partial charge >= 0.3 is 0 Å². The van der Waals surface area contributed by atoms with Crippen LogP contribution in [0.2, 0.25) is 0 Å². The van der Waals surface area contributed by atoms with Crippen LogP contribution >= 0.6 is 11.3 Å². The lowest BCUT2D eigenvalue weighted by Gasteiger charge is -2.04. The summed E-state index contributed by atoms with van der Waals surface area (Å²) in [6.07, 6.45) is 4.11. The molecule has 102 valence electrons. The minimum atomic E-state index is 0.219. The lowest BCUT2D eigenvalue weighted by Crippen LogP contribution is -2.06. The third kappa shape index (κ3) is 2.27. The molecule has 2 heterocycles. The van der Waals surface area contributed by atoms with Crippen LogP contribution < -0.4 is 0 Å². The van der Waals surface area contributed by atoms with E-state index in [0.717, 1.165) is 16.1 Å². The summed E-state index contributed by atoms with van der Waals surface area (Å²) in [6, 6.07) is 8.19. The fourth-order valence-electron chi connectivity index (χ4n) is 2.40. The molecule has 3 rings (SSSR count). The molecule has 0 saturated carbocycles. The summed E-state index contributed by atoms with van der Waals surface area (Å²) in [4.78, 5) is 17.4. The van der Waals surface area contributed by atoms with E-state index in [0.29, 0.717) is 13.0 Å². The summed E-state index contributed by atoms with van der Waals surface area (Å²) < 4.78 is 3.20. The molecule has 1 aromatic carbocycles. The van der Waals surface area contributed by atoms with E-state index < -0.39 is 0 Å². The standard InChI is InChI=1S/C16H16N2OS/c1-11-9-17-10-18(11)8-7-14(19)16-12(2)13-5-3-4-6-15(13)20-16/h3-6,9-10H,7-8H2,1-2H3. The highest BCUT2D eigenvalue weighted by Gasteiger charge is 2.15. The lowest BCUT2D eigenvalue weighted by molar-refractivity contribution is 0.0980. The van der Waals surface area contributed by atoms with Gasteiger partial charge in [0.05, 0.1) is 11.2 Å². The molecule has 0 N–H and O–H groups in total. The second-order valence-electron chi connectivity index (χ2n) is 4.95. The van der Waals surface area contributed by atoms with Crippen molar-refractivity contribution in [3.63, 3.8) is 0 Å². The molecular formula is C16H16N2OS. The zero-order valence-corrected chi connectivity index (χ0v) is 12.4. The second kappa shape index (κ2) is 5.21. The van der Waals surface area contributed by atoms with Crippen molar-refractivity contribution in [2.24, 2.45) is 0 Å². The van der Waals surface area contributed by atoms with Gasteiger partial charge < -0.3 is 4.57 Å². The van der Waals surface area contributed by atoms with Gasteiger partial charge in [-0.15, -0.1) is 11.3 Å². The van der Waals surface area contributed by atoms with Crippen LogP contribution in [0.15, 0.2) is 36.8 Å². The van der Waals surface area contributed by atoms with Crippen LogP contribution in [0.5, 0.6) is 0 Å². The molecule has 0 atom stereocenters. The first-order chi connectivity index (χ1) is 9.66. The van der Waals surface area contributed by atoms with Gasteiger partial charge in [0, 0.05) is 29.6 Å². The smallest absolute Gasteiger partial charge is 0.174 e. The fourth-order valence-corrected chi connectivity index (χ4v) is 3.57. The van der Waals surface area contributed by atoms with Crippen molar-refractivity contribution < 1.29 is 4.79 Å². The number of nitrogens with zero attached hydrogens (tertiary/aromatic N) is 2. The highest BCUT2D eigenvalue weighted by atomic mass is 32.1. The molecule has 0 aliphatic heterocycles. The number of aromatic nitrogens is 2. The fraction of sp³-hybridized carbons (Fsp3) is 0.250. The Kier molecular flexibility index (Phi) is 3.40. The van der Waals surface area contributed by atoms with E-state index in [1.165, 1.54) is 10.1 Å². The van der Waals surface area contributed by atoms with Crippen molar-refractivity contribution in [3.8, 4) is 0 Å². The van der Waals surface area contributed by atoms with Crippen LogP contribution in [0.25, 0.3) is 10.1 Å². The van der Waals surface area contributed by atoms with Gasteiger partial charge in [0.25, 0.3) is 0 Å². The van der Waals surface area contributed by atoms with Crippen molar-refractivity contribution in [2.75, 3.05) is 0 Å². The Morgan fingerprint density at radius 3 is 2.80 bits per heavy atom. The monoisotopic (exact) mass is 284 g/mol. The number of hydrogen-bond acceptors (Lipinski definition) is 3. The minimum absolute atomic E-state index is 0.219. The predicted octanol–water partition coefficient (Wildman–Crippen LogP) is 3.99. The number of hydrogen-bond donors (Lipinski definition) is 0. The molecule has 2 aromatic heterocycles. The summed E-state index contributed by atoms with van der Waals surface area (Å²) in [7, 11) is 0. The summed E-state index contributed by atoms with van der Waals surface area (Å²) in [6.45, 7) is 4.73. The average Bonchev–Trinajstić information content (AvgIpc) is 3.01. The van der Waals surface area contributed by atoms with Crippen molar-refractivity contribution in [1.29, 1.82) is 0 Å². The van der Waals surface area contributed by atoms with Gasteiger partial charge in [-0.25, -0.2) is 4.98 Å². The number of benzene rings is 1. The molecule has 0 saturated heterocycles. The molecule has 0 aliphatic rings. The molecule has 20 heavy (non-hydrogen) atoms. The summed E-state index contributed by atoms with van der Waals surface area (Å²) in [5.74, 6) is 0.219. The number of aryl methyl sites for hydroxylation is 3. The molecule has 0 radical (unpaired) electrons. The Hall–Kier alpha value is -1.94. The van der Waals surface area contributed by atoms with E-state index in [4.69, 9.17) is 0 Å². The molecule has 3 aromatic rings. The largest absolute Gasteiger partial charge is 0.334 e. The molecule has 0 fully saturated rings. The van der Waals surface area contributed by atoms with Crippen molar-refractivity contribution in [3.05, 3.63) is 52.9 Å². The minimum Gasteiger partial charge on any atom is -0.334 e. The van der Waals surface area contributed by atoms with Gasteiger partial charge in [-0.1, -0.05) is 18.2 Å². The van der Waals surface area contributed by atoms with E-state index in [9.17, 15) is 4.79 Å². The summed E-state index contributed by atoms with van der Waals surface area (Å²) in [5.41, 5.74) is 2.20. The topological polar surface area (TPSA) is 34.9 Å². The number of carbonyl (C=O) groups is 1. The number of ketones is 1. The SMILES string of the molecule is Cc1c(C(=O)CCn2cncc2C)sc2ccccc12. The first-order valence-corrected chi connectivity index (χ1v) is 7.46. The zero-order valence-electron chi connectivity index (χ0n) is 11.6. The van der Waals surface area contributed by atoms with Gasteiger partial charge in [0.15, 0.2) is 5.78 Å². The highest BCUT2D eigenvalue weighted by molar-refractivity contribution is 7.21. The second-order valence-corrected chi connectivity index (χ2v) is 6.01. The average molecular weight is 284 g/mol. The molecule has 0 bridgehead atoms. The van der Waals surface area contributed by atoms with Crippen LogP contribution in [0, 0.1) is 13.8 Å². The summed E-state index contributed by atoms with van der Waals surface area (Å²) in [5, 5.41) is 1.19. The molecule has 0 aliphatic carbocycles. The number of fused-ring (bicyclic) bond motifs is 1. The molecule has 0 spiro atoms. The summed E-state index contributed by atoms with van der Waals surface area (Å²) >= 11 is 1.60. The third-order valence-corrected chi connectivity index (χ3v) is 4.91. The first-order valence-electron chi connectivity index (χ1n) is 6.65. The molecular weight excluding hydrogens is 268 g/mol. The van der Waals surface area contributed by atoms with Crippen LogP contribution in [-0.2, 0) is 6.54 Å². The van der Waals surface area contributed by atoms with E-state index in [1.54, 1.807) is 17.7 Å². The van der Waals surface area contributed by atoms with Crippen molar-refractivity contribution in [2.45, 2.75) is 26.8 Å². The van der Waals surface area contributed by atoms with Gasteiger partial charge in [-0.2, -0.15) is 0 Å². The van der Waals surface area contributed by atoms with E-state index >= 15 is 0 Å². The predicted molar refractivity (Wildman–Crippen MR) is 82.5 cm³/mol. The number of thiophene rings is 1. The lowest BCUT2D eigenvalue weighted by atomic mass is 10.1. The number of imidazole rings is 1. The Morgan fingerprint density at radius 2 is 2.10 bits per heavy atom. The molecule has 0 amide bonds. The van der Waals surface area contributed by atoms with Crippen LogP contribution in [0.1, 0.15) is 27.3 Å².